The number of hydrogen-bond donors (Lipinski definition) is 1. The fraction of sp³-hybridized carbons (Fsp3) is 0.562. The van der Waals surface area contributed by atoms with Gasteiger partial charge in [-0.2, -0.15) is 4.98 Å². The van der Waals surface area contributed by atoms with Gasteiger partial charge < -0.3 is 9.84 Å². The highest BCUT2D eigenvalue weighted by molar-refractivity contribution is 5.55. The molecule has 3 rings (SSSR count). The summed E-state index contributed by atoms with van der Waals surface area (Å²) in [5.74, 6) is 2.20. The van der Waals surface area contributed by atoms with Crippen LogP contribution in [0.25, 0.3) is 11.4 Å². The highest BCUT2D eigenvalue weighted by atomic mass is 16.5. The minimum Gasteiger partial charge on any atom is -0.339 e. The molecule has 5 heteroatoms. The molecule has 0 amide bonds. The Morgan fingerprint density at radius 1 is 1.14 bits per heavy atom. The van der Waals surface area contributed by atoms with Crippen LogP contribution in [0, 0.1) is 19.8 Å². The van der Waals surface area contributed by atoms with Crippen molar-refractivity contribution in [2.45, 2.75) is 39.5 Å². The summed E-state index contributed by atoms with van der Waals surface area (Å²) in [6.45, 7) is 6.23. The highest BCUT2D eigenvalue weighted by Gasteiger charge is 2.15. The van der Waals surface area contributed by atoms with E-state index in [4.69, 9.17) is 4.52 Å². The van der Waals surface area contributed by atoms with Crippen molar-refractivity contribution in [1.82, 2.24) is 20.4 Å². The number of nitrogens with zero attached hydrogens (tertiary/aromatic N) is 3. The lowest BCUT2D eigenvalue weighted by Gasteiger charge is -2.21. The lowest BCUT2D eigenvalue weighted by molar-refractivity contribution is 0.324. The molecule has 112 valence electrons. The second-order valence-electron chi connectivity index (χ2n) is 5.88. The molecule has 1 fully saturated rings. The molecule has 0 radical (unpaired) electrons. The van der Waals surface area contributed by atoms with Gasteiger partial charge in [0.05, 0.1) is 0 Å². The molecule has 3 heterocycles. The van der Waals surface area contributed by atoms with Crippen LogP contribution in [0.4, 0.5) is 0 Å². The maximum Gasteiger partial charge on any atom is 0.226 e. The monoisotopic (exact) mass is 286 g/mol. The van der Waals surface area contributed by atoms with E-state index in [1.54, 1.807) is 0 Å². The summed E-state index contributed by atoms with van der Waals surface area (Å²) in [6.07, 6.45) is 4.52. The third-order valence-electron chi connectivity index (χ3n) is 4.03. The summed E-state index contributed by atoms with van der Waals surface area (Å²) >= 11 is 0. The Balaban J connectivity index is 1.65. The molecule has 0 bridgehead atoms. The Morgan fingerprint density at radius 3 is 2.57 bits per heavy atom. The molecule has 2 aromatic rings. The lowest BCUT2D eigenvalue weighted by Crippen LogP contribution is -2.27. The number of aryl methyl sites for hydroxylation is 3. The van der Waals surface area contributed by atoms with Gasteiger partial charge in [0, 0.05) is 23.4 Å². The molecule has 1 N–H and O–H groups in total. The van der Waals surface area contributed by atoms with Crippen LogP contribution in [0.15, 0.2) is 16.7 Å². The molecule has 2 aromatic heterocycles. The van der Waals surface area contributed by atoms with Crippen molar-refractivity contribution in [3.8, 4) is 11.4 Å². The van der Waals surface area contributed by atoms with E-state index in [9.17, 15) is 0 Å². The molecular formula is C16H22N4O. The molecule has 0 spiro atoms. The van der Waals surface area contributed by atoms with Crippen LogP contribution in [0.5, 0.6) is 0 Å². The fourth-order valence-corrected chi connectivity index (χ4v) is 2.94. The number of rotatable bonds is 4. The summed E-state index contributed by atoms with van der Waals surface area (Å²) < 4.78 is 5.39. The topological polar surface area (TPSA) is 63.8 Å². The zero-order chi connectivity index (χ0) is 14.7. The molecule has 0 unspecified atom stereocenters. The molecule has 1 aliphatic rings. The van der Waals surface area contributed by atoms with Gasteiger partial charge in [-0.15, -0.1) is 0 Å². The number of nitrogens with one attached hydrogen (secondary N) is 1. The Morgan fingerprint density at radius 2 is 1.86 bits per heavy atom. The van der Waals surface area contributed by atoms with Gasteiger partial charge in [-0.05, 0) is 64.3 Å². The van der Waals surface area contributed by atoms with Gasteiger partial charge in [-0.3, -0.25) is 4.98 Å². The van der Waals surface area contributed by atoms with Crippen LogP contribution in [-0.4, -0.2) is 28.2 Å². The predicted molar refractivity (Wildman–Crippen MR) is 80.9 cm³/mol. The van der Waals surface area contributed by atoms with Crippen LogP contribution in [0.3, 0.4) is 0 Å². The van der Waals surface area contributed by atoms with Crippen molar-refractivity contribution in [3.05, 3.63) is 29.4 Å². The third kappa shape index (κ3) is 3.67. The van der Waals surface area contributed by atoms with E-state index in [1.165, 1.54) is 12.8 Å². The lowest BCUT2D eigenvalue weighted by atomic mass is 9.93. The fourth-order valence-electron chi connectivity index (χ4n) is 2.94. The van der Waals surface area contributed by atoms with E-state index in [1.807, 2.05) is 26.0 Å². The molecule has 0 aliphatic carbocycles. The Bertz CT molecular complexity index is 582. The van der Waals surface area contributed by atoms with Crippen molar-refractivity contribution in [1.29, 1.82) is 0 Å². The minimum absolute atomic E-state index is 0.670. The Kier molecular flexibility index (Phi) is 4.29. The van der Waals surface area contributed by atoms with Crippen molar-refractivity contribution in [2.24, 2.45) is 5.92 Å². The first-order valence-electron chi connectivity index (χ1n) is 7.69. The second kappa shape index (κ2) is 6.35. The molecule has 1 saturated heterocycles. The van der Waals surface area contributed by atoms with Gasteiger partial charge in [0.15, 0.2) is 0 Å². The van der Waals surface area contributed by atoms with Gasteiger partial charge >= 0.3 is 0 Å². The zero-order valence-electron chi connectivity index (χ0n) is 12.7. The van der Waals surface area contributed by atoms with Crippen LogP contribution in [0.1, 0.15) is 36.5 Å². The largest absolute Gasteiger partial charge is 0.339 e. The minimum atomic E-state index is 0.670. The van der Waals surface area contributed by atoms with Crippen LogP contribution >= 0.6 is 0 Å². The summed E-state index contributed by atoms with van der Waals surface area (Å²) in [5, 5.41) is 7.50. The SMILES string of the molecule is Cc1cc(-c2noc(CCC3CCNCC3)n2)cc(C)n1. The van der Waals surface area contributed by atoms with E-state index in [0.29, 0.717) is 5.82 Å². The molecule has 0 aromatic carbocycles. The molecule has 0 atom stereocenters. The second-order valence-corrected chi connectivity index (χ2v) is 5.88. The van der Waals surface area contributed by atoms with Crippen LogP contribution in [0.2, 0.25) is 0 Å². The average molecular weight is 286 g/mol. The van der Waals surface area contributed by atoms with E-state index in [-0.39, 0.29) is 0 Å². The van der Waals surface area contributed by atoms with Crippen molar-refractivity contribution < 1.29 is 4.52 Å². The summed E-state index contributed by atoms with van der Waals surface area (Å²) in [5.41, 5.74) is 2.94. The highest BCUT2D eigenvalue weighted by Crippen LogP contribution is 2.21. The van der Waals surface area contributed by atoms with Gasteiger partial charge in [-0.1, -0.05) is 5.16 Å². The molecule has 21 heavy (non-hydrogen) atoms. The van der Waals surface area contributed by atoms with Crippen molar-refractivity contribution in [2.75, 3.05) is 13.1 Å². The standard InChI is InChI=1S/C16H22N4O/c1-11-9-14(10-12(2)18-11)16-19-15(21-20-16)4-3-13-5-7-17-8-6-13/h9-10,13,17H,3-8H2,1-2H3. The smallest absolute Gasteiger partial charge is 0.226 e. The van der Waals surface area contributed by atoms with E-state index in [0.717, 1.165) is 54.7 Å². The average Bonchev–Trinajstić information content (AvgIpc) is 2.94. The molecule has 1 aliphatic heterocycles. The first-order valence-corrected chi connectivity index (χ1v) is 7.69. The van der Waals surface area contributed by atoms with Crippen LogP contribution in [-0.2, 0) is 6.42 Å². The van der Waals surface area contributed by atoms with Gasteiger partial charge in [0.1, 0.15) is 0 Å². The van der Waals surface area contributed by atoms with E-state index >= 15 is 0 Å². The van der Waals surface area contributed by atoms with Gasteiger partial charge in [0.2, 0.25) is 11.7 Å². The summed E-state index contributed by atoms with van der Waals surface area (Å²) in [7, 11) is 0. The summed E-state index contributed by atoms with van der Waals surface area (Å²) in [6, 6.07) is 3.99. The number of hydrogen-bond acceptors (Lipinski definition) is 5. The van der Waals surface area contributed by atoms with Gasteiger partial charge in [0.25, 0.3) is 0 Å². The number of pyridine rings is 1. The van der Waals surface area contributed by atoms with Crippen molar-refractivity contribution >= 4 is 0 Å². The number of aromatic nitrogens is 3. The van der Waals surface area contributed by atoms with E-state index in [2.05, 4.69) is 20.4 Å². The van der Waals surface area contributed by atoms with Gasteiger partial charge in [-0.25, -0.2) is 0 Å². The summed E-state index contributed by atoms with van der Waals surface area (Å²) in [4.78, 5) is 8.90. The Hall–Kier alpha value is -1.75. The Labute approximate surface area is 125 Å². The third-order valence-corrected chi connectivity index (χ3v) is 4.03. The molecule has 0 saturated carbocycles. The first-order chi connectivity index (χ1) is 10.2. The predicted octanol–water partition coefficient (Wildman–Crippen LogP) is 2.68. The van der Waals surface area contributed by atoms with Crippen molar-refractivity contribution in [3.63, 3.8) is 0 Å². The normalized spacial score (nSPS) is 16.3. The van der Waals surface area contributed by atoms with E-state index < -0.39 is 0 Å². The maximum atomic E-state index is 5.39. The van der Waals surface area contributed by atoms with Crippen LogP contribution < -0.4 is 5.32 Å². The zero-order valence-corrected chi connectivity index (χ0v) is 12.7. The molecule has 5 nitrogen and oxygen atoms in total. The first kappa shape index (κ1) is 14.2. The number of piperidine rings is 1. The molecular weight excluding hydrogens is 264 g/mol. The maximum absolute atomic E-state index is 5.39. The quantitative estimate of drug-likeness (QED) is 0.936.